The molecule has 0 saturated carbocycles. The molecule has 12 heteroatoms. The van der Waals surface area contributed by atoms with E-state index in [0.717, 1.165) is 5.46 Å². The Morgan fingerprint density at radius 2 is 1.31 bits per heavy atom. The molecule has 1 aliphatic heterocycles. The molecule has 0 unspecified atom stereocenters. The van der Waals surface area contributed by atoms with Crippen molar-refractivity contribution in [2.75, 3.05) is 11.5 Å². The second-order valence-electron chi connectivity index (χ2n) is 8.52. The highest BCUT2D eigenvalue weighted by Crippen LogP contribution is 2.36. The van der Waals surface area contributed by atoms with Crippen molar-refractivity contribution in [2.45, 2.75) is 38.9 Å². The molecular weight excluding hydrogens is 414 g/mol. The van der Waals surface area contributed by atoms with Gasteiger partial charge in [-0.25, -0.2) is 0 Å². The number of fused-ring (bicyclic) bond motifs is 2. The SMILES string of the molecule is CC1(C)OB(c2ccc3oc(N)nc3c2)OC1(C)C.Nc1nc2cc(B(O)O)ccc2o1. The lowest BCUT2D eigenvalue weighted by atomic mass is 9.79. The van der Waals surface area contributed by atoms with Gasteiger partial charge in [0.15, 0.2) is 11.2 Å². The lowest BCUT2D eigenvalue weighted by molar-refractivity contribution is 0.00578. The van der Waals surface area contributed by atoms with Crippen LogP contribution in [-0.2, 0) is 9.31 Å². The normalized spacial score (nSPS) is 16.9. The van der Waals surface area contributed by atoms with Crippen molar-refractivity contribution in [3.8, 4) is 0 Å². The summed E-state index contributed by atoms with van der Waals surface area (Å²) in [5.41, 5.74) is 13.9. The highest BCUT2D eigenvalue weighted by molar-refractivity contribution is 6.62. The van der Waals surface area contributed by atoms with Crippen LogP contribution in [0.15, 0.2) is 45.2 Å². The van der Waals surface area contributed by atoms with Crippen molar-refractivity contribution in [2.24, 2.45) is 0 Å². The second kappa shape index (κ2) is 7.82. The van der Waals surface area contributed by atoms with Crippen molar-refractivity contribution >= 4 is 59.4 Å². The summed E-state index contributed by atoms with van der Waals surface area (Å²) in [5.74, 6) is 0. The molecule has 2 aromatic heterocycles. The molecule has 1 aliphatic rings. The van der Waals surface area contributed by atoms with Crippen LogP contribution in [0, 0.1) is 0 Å². The number of oxazole rings is 2. The molecule has 2 aromatic carbocycles. The molecular formula is C20H24B2N4O6. The Balaban J connectivity index is 0.000000165. The molecule has 0 bridgehead atoms. The lowest BCUT2D eigenvalue weighted by Gasteiger charge is -2.32. The third-order valence-electron chi connectivity index (χ3n) is 5.68. The van der Waals surface area contributed by atoms with E-state index in [4.69, 9.17) is 39.7 Å². The summed E-state index contributed by atoms with van der Waals surface area (Å²) in [7, 11) is -1.89. The average molecular weight is 438 g/mol. The fourth-order valence-corrected chi connectivity index (χ4v) is 3.21. The van der Waals surface area contributed by atoms with Gasteiger partial charge < -0.3 is 39.7 Å². The number of rotatable bonds is 2. The molecule has 5 rings (SSSR count). The van der Waals surface area contributed by atoms with Gasteiger partial charge in [0, 0.05) is 0 Å². The number of benzene rings is 2. The number of hydrogen-bond acceptors (Lipinski definition) is 10. The van der Waals surface area contributed by atoms with E-state index in [1.165, 1.54) is 12.1 Å². The standard InChI is InChI=1S/C13H17BN2O3.C7H7BN2O3/c1-12(2)13(3,4)19-14(18-12)8-5-6-10-9(7-8)16-11(15)17-10;9-7-10-5-3-4(8(11)12)1-2-6(5)13-7/h5-7H,1-4H3,(H2,15,16);1-3,11-12H,(H2,9,10). The van der Waals surface area contributed by atoms with E-state index < -0.39 is 14.2 Å². The lowest BCUT2D eigenvalue weighted by Crippen LogP contribution is -2.41. The topological polar surface area (TPSA) is 163 Å². The summed E-state index contributed by atoms with van der Waals surface area (Å²) < 4.78 is 22.2. The predicted octanol–water partition coefficient (Wildman–Crippen LogP) is 0.799. The third-order valence-corrected chi connectivity index (χ3v) is 5.68. The Hall–Kier alpha value is -3.05. The van der Waals surface area contributed by atoms with Gasteiger partial charge in [0.25, 0.3) is 12.0 Å². The van der Waals surface area contributed by atoms with E-state index >= 15 is 0 Å². The molecule has 4 aromatic rings. The highest BCUT2D eigenvalue weighted by atomic mass is 16.7. The Morgan fingerprint density at radius 3 is 1.84 bits per heavy atom. The summed E-state index contributed by atoms with van der Waals surface area (Å²) in [6.07, 6.45) is 0. The molecule has 1 fully saturated rings. The number of hydrogen-bond donors (Lipinski definition) is 4. The molecule has 0 aliphatic carbocycles. The van der Waals surface area contributed by atoms with Crippen LogP contribution in [0.3, 0.4) is 0 Å². The summed E-state index contributed by atoms with van der Waals surface area (Å²) in [6.45, 7) is 8.11. The van der Waals surface area contributed by atoms with Gasteiger partial charge in [0.05, 0.1) is 11.2 Å². The number of anilines is 2. The fourth-order valence-electron chi connectivity index (χ4n) is 3.21. The maximum Gasteiger partial charge on any atom is 0.494 e. The zero-order valence-electron chi connectivity index (χ0n) is 18.2. The van der Waals surface area contributed by atoms with Crippen LogP contribution < -0.4 is 22.4 Å². The van der Waals surface area contributed by atoms with E-state index in [1.807, 2.05) is 45.9 Å². The average Bonchev–Trinajstić information content (AvgIpc) is 3.32. The number of aromatic nitrogens is 2. The van der Waals surface area contributed by atoms with Crippen LogP contribution >= 0.6 is 0 Å². The van der Waals surface area contributed by atoms with Crippen LogP contribution in [0.1, 0.15) is 27.7 Å². The molecule has 1 saturated heterocycles. The van der Waals surface area contributed by atoms with Crippen LogP contribution in [0.25, 0.3) is 22.2 Å². The van der Waals surface area contributed by atoms with Crippen molar-refractivity contribution in [3.05, 3.63) is 36.4 Å². The van der Waals surface area contributed by atoms with Gasteiger partial charge in [-0.05, 0) is 62.9 Å². The maximum atomic E-state index is 8.86. The molecule has 166 valence electrons. The van der Waals surface area contributed by atoms with Gasteiger partial charge in [0.2, 0.25) is 0 Å². The molecule has 32 heavy (non-hydrogen) atoms. The number of nitrogen functional groups attached to an aromatic ring is 2. The van der Waals surface area contributed by atoms with Crippen LogP contribution in [0.4, 0.5) is 12.0 Å². The summed E-state index contributed by atoms with van der Waals surface area (Å²) in [5, 5.41) is 17.7. The van der Waals surface area contributed by atoms with Crippen molar-refractivity contribution in [3.63, 3.8) is 0 Å². The Bertz CT molecular complexity index is 1250. The first-order valence-electron chi connectivity index (χ1n) is 9.99. The van der Waals surface area contributed by atoms with Crippen LogP contribution in [-0.4, -0.2) is 45.5 Å². The second-order valence-corrected chi connectivity index (χ2v) is 8.52. The third kappa shape index (κ3) is 4.17. The first-order chi connectivity index (χ1) is 14.9. The van der Waals surface area contributed by atoms with Gasteiger partial charge in [-0.15, -0.1) is 0 Å². The predicted molar refractivity (Wildman–Crippen MR) is 122 cm³/mol. The minimum atomic E-state index is -1.50. The zero-order chi connectivity index (χ0) is 23.3. The van der Waals surface area contributed by atoms with Crippen molar-refractivity contribution in [1.82, 2.24) is 9.97 Å². The minimum Gasteiger partial charge on any atom is -0.424 e. The Morgan fingerprint density at radius 1 is 0.812 bits per heavy atom. The molecule has 6 N–H and O–H groups in total. The molecule has 10 nitrogen and oxygen atoms in total. The Labute approximate surface area is 184 Å². The smallest absolute Gasteiger partial charge is 0.424 e. The van der Waals surface area contributed by atoms with E-state index in [1.54, 1.807) is 6.07 Å². The van der Waals surface area contributed by atoms with E-state index in [9.17, 15) is 0 Å². The first kappa shape index (κ1) is 22.2. The first-order valence-corrected chi connectivity index (χ1v) is 9.99. The number of nitrogens with zero attached hydrogens (tertiary/aromatic N) is 2. The van der Waals surface area contributed by atoms with Crippen LogP contribution in [0.5, 0.6) is 0 Å². The van der Waals surface area contributed by atoms with Gasteiger partial charge >= 0.3 is 14.2 Å². The van der Waals surface area contributed by atoms with Gasteiger partial charge in [0.1, 0.15) is 11.0 Å². The van der Waals surface area contributed by atoms with Gasteiger partial charge in [-0.2, -0.15) is 9.97 Å². The summed E-state index contributed by atoms with van der Waals surface area (Å²) >= 11 is 0. The van der Waals surface area contributed by atoms with E-state index in [2.05, 4.69) is 9.97 Å². The largest absolute Gasteiger partial charge is 0.494 e. The fraction of sp³-hybridized carbons (Fsp3) is 0.300. The molecule has 0 atom stereocenters. The summed E-state index contributed by atoms with van der Waals surface area (Å²) in [4.78, 5) is 7.96. The molecule has 0 spiro atoms. The van der Waals surface area contributed by atoms with E-state index in [-0.39, 0.29) is 23.2 Å². The monoisotopic (exact) mass is 438 g/mol. The molecule has 0 amide bonds. The highest BCUT2D eigenvalue weighted by Gasteiger charge is 2.51. The quantitative estimate of drug-likeness (QED) is 0.329. The van der Waals surface area contributed by atoms with Gasteiger partial charge in [-0.1, -0.05) is 12.1 Å². The maximum absolute atomic E-state index is 8.86. The van der Waals surface area contributed by atoms with Gasteiger partial charge in [-0.3, -0.25) is 0 Å². The Kier molecular flexibility index (Phi) is 5.41. The van der Waals surface area contributed by atoms with Crippen molar-refractivity contribution in [1.29, 1.82) is 0 Å². The number of nitrogens with two attached hydrogens (primary N) is 2. The molecule has 0 radical (unpaired) electrons. The van der Waals surface area contributed by atoms with Crippen molar-refractivity contribution < 1.29 is 28.2 Å². The minimum absolute atomic E-state index is 0.0691. The zero-order valence-corrected chi connectivity index (χ0v) is 18.2. The summed E-state index contributed by atoms with van der Waals surface area (Å²) in [6, 6.07) is 10.5. The van der Waals surface area contributed by atoms with E-state index in [0.29, 0.717) is 27.7 Å². The van der Waals surface area contributed by atoms with Crippen LogP contribution in [0.2, 0.25) is 0 Å². The molecule has 3 heterocycles.